The normalized spacial score (nSPS) is 10.3. The summed E-state index contributed by atoms with van der Waals surface area (Å²) in [6, 6.07) is 0. The lowest BCUT2D eigenvalue weighted by Crippen LogP contribution is -1.99. The zero-order valence-electron chi connectivity index (χ0n) is 10.3. The van der Waals surface area contributed by atoms with Crippen LogP contribution in [0.15, 0.2) is 0 Å². The molecule has 0 bridgehead atoms. The van der Waals surface area contributed by atoms with Crippen LogP contribution in [0.1, 0.15) is 71.6 Å². The van der Waals surface area contributed by atoms with Crippen molar-refractivity contribution in [1.29, 1.82) is 0 Å². The Hall–Kier alpha value is -0.530. The lowest BCUT2D eigenvalue weighted by molar-refractivity contribution is -0.139. The van der Waals surface area contributed by atoms with Crippen molar-refractivity contribution in [3.05, 3.63) is 6.61 Å². The number of hydrogen-bond acceptors (Lipinski definition) is 2. The summed E-state index contributed by atoms with van der Waals surface area (Å²) in [7, 11) is 0. The van der Waals surface area contributed by atoms with Gasteiger partial charge in [0.2, 0.25) is 0 Å². The summed E-state index contributed by atoms with van der Waals surface area (Å²) < 4.78 is 4.87. The van der Waals surface area contributed by atoms with Crippen LogP contribution in [0.25, 0.3) is 0 Å². The van der Waals surface area contributed by atoms with E-state index >= 15 is 0 Å². The number of ether oxygens (including phenoxy) is 1. The monoisotopic (exact) mass is 213 g/mol. The lowest BCUT2D eigenvalue weighted by Gasteiger charge is -2.02. The Morgan fingerprint density at radius 2 is 1.60 bits per heavy atom. The van der Waals surface area contributed by atoms with Gasteiger partial charge in [0.15, 0.2) is 0 Å². The van der Waals surface area contributed by atoms with E-state index in [-0.39, 0.29) is 5.97 Å². The van der Waals surface area contributed by atoms with Gasteiger partial charge < -0.3 is 4.74 Å². The van der Waals surface area contributed by atoms with Crippen LogP contribution in [0.3, 0.4) is 0 Å². The lowest BCUT2D eigenvalue weighted by atomic mass is 10.1. The maximum absolute atomic E-state index is 10.8. The number of esters is 1. The van der Waals surface area contributed by atoms with Crippen molar-refractivity contribution in [3.8, 4) is 0 Å². The fourth-order valence-corrected chi connectivity index (χ4v) is 1.42. The zero-order chi connectivity index (χ0) is 11.4. The van der Waals surface area contributed by atoms with E-state index in [0.29, 0.717) is 6.42 Å². The molecule has 1 radical (unpaired) electrons. The zero-order valence-corrected chi connectivity index (χ0v) is 10.3. The highest BCUT2D eigenvalue weighted by Crippen LogP contribution is 2.09. The van der Waals surface area contributed by atoms with Crippen molar-refractivity contribution in [3.63, 3.8) is 0 Å². The standard InChI is InChI=1S/C13H25O2/c1-3-5-6-7-8-9-10-11-12-15-13(14)4-2/h12H,3-11H2,1-2H3. The van der Waals surface area contributed by atoms with E-state index in [2.05, 4.69) is 6.92 Å². The van der Waals surface area contributed by atoms with Crippen molar-refractivity contribution in [2.24, 2.45) is 0 Å². The minimum Gasteiger partial charge on any atom is -0.458 e. The molecule has 0 rings (SSSR count). The molecule has 2 nitrogen and oxygen atoms in total. The van der Waals surface area contributed by atoms with Gasteiger partial charge in [-0.05, 0) is 12.8 Å². The Labute approximate surface area is 94.4 Å². The van der Waals surface area contributed by atoms with Crippen LogP contribution in [-0.4, -0.2) is 5.97 Å². The largest absolute Gasteiger partial charge is 0.458 e. The van der Waals surface area contributed by atoms with E-state index < -0.39 is 0 Å². The molecule has 0 aliphatic rings. The molecule has 0 saturated heterocycles. The minimum atomic E-state index is -0.127. The summed E-state index contributed by atoms with van der Waals surface area (Å²) in [6.45, 7) is 5.69. The third-order valence-corrected chi connectivity index (χ3v) is 2.43. The van der Waals surface area contributed by atoms with E-state index in [1.54, 1.807) is 6.61 Å². The molecule has 0 aromatic heterocycles. The van der Waals surface area contributed by atoms with E-state index in [1.807, 2.05) is 6.92 Å². The highest BCUT2D eigenvalue weighted by Gasteiger charge is 1.97. The SMILES string of the molecule is CCCCCCCCC[CH]OC(=O)CC. The predicted octanol–water partition coefficient (Wildman–Crippen LogP) is 4.24. The summed E-state index contributed by atoms with van der Waals surface area (Å²) in [5.74, 6) is -0.127. The third kappa shape index (κ3) is 11.4. The Morgan fingerprint density at radius 3 is 2.20 bits per heavy atom. The van der Waals surface area contributed by atoms with Gasteiger partial charge >= 0.3 is 5.97 Å². The molecular formula is C13H25O2. The average molecular weight is 213 g/mol. The molecule has 0 aromatic carbocycles. The average Bonchev–Trinajstić information content (AvgIpc) is 2.26. The Balaban J connectivity index is 2.95. The maximum atomic E-state index is 10.8. The van der Waals surface area contributed by atoms with Gasteiger partial charge in [-0.3, -0.25) is 4.79 Å². The summed E-state index contributed by atoms with van der Waals surface area (Å²) in [6.07, 6.45) is 10.5. The maximum Gasteiger partial charge on any atom is 0.305 e. The van der Waals surface area contributed by atoms with Gasteiger partial charge in [-0.15, -0.1) is 0 Å². The van der Waals surface area contributed by atoms with Crippen LogP contribution >= 0.6 is 0 Å². The molecule has 0 heterocycles. The number of carbonyl (C=O) groups is 1. The van der Waals surface area contributed by atoms with E-state index in [1.165, 1.54) is 38.5 Å². The van der Waals surface area contributed by atoms with Crippen LogP contribution in [0.5, 0.6) is 0 Å². The second kappa shape index (κ2) is 11.5. The van der Waals surface area contributed by atoms with Crippen molar-refractivity contribution in [1.82, 2.24) is 0 Å². The Kier molecular flexibility index (Phi) is 11.1. The van der Waals surface area contributed by atoms with E-state index in [4.69, 9.17) is 4.74 Å². The van der Waals surface area contributed by atoms with Gasteiger partial charge in [0, 0.05) is 6.42 Å². The molecule has 0 amide bonds. The van der Waals surface area contributed by atoms with E-state index in [0.717, 1.165) is 12.8 Å². The number of rotatable bonds is 10. The quantitative estimate of drug-likeness (QED) is 0.401. The molecule has 0 aliphatic carbocycles. The first-order valence-corrected chi connectivity index (χ1v) is 6.32. The van der Waals surface area contributed by atoms with Gasteiger partial charge in [0.05, 0.1) is 0 Å². The Bertz CT molecular complexity index is 143. The highest BCUT2D eigenvalue weighted by atomic mass is 16.5. The molecule has 0 atom stereocenters. The molecule has 0 N–H and O–H groups in total. The first-order valence-electron chi connectivity index (χ1n) is 6.32. The van der Waals surface area contributed by atoms with Crippen molar-refractivity contribution >= 4 is 5.97 Å². The van der Waals surface area contributed by atoms with Gasteiger partial charge in [-0.1, -0.05) is 52.4 Å². The predicted molar refractivity (Wildman–Crippen MR) is 63.3 cm³/mol. The number of unbranched alkanes of at least 4 members (excludes halogenated alkanes) is 7. The Morgan fingerprint density at radius 1 is 1.00 bits per heavy atom. The van der Waals surface area contributed by atoms with Crippen molar-refractivity contribution in [2.45, 2.75) is 71.6 Å². The molecule has 89 valence electrons. The van der Waals surface area contributed by atoms with E-state index in [9.17, 15) is 4.79 Å². The summed E-state index contributed by atoms with van der Waals surface area (Å²) in [5, 5.41) is 0. The van der Waals surface area contributed by atoms with Gasteiger partial charge in [-0.2, -0.15) is 0 Å². The van der Waals surface area contributed by atoms with Crippen LogP contribution in [0.2, 0.25) is 0 Å². The second-order valence-corrected chi connectivity index (χ2v) is 3.92. The molecule has 0 spiro atoms. The highest BCUT2D eigenvalue weighted by molar-refractivity contribution is 5.69. The minimum absolute atomic E-state index is 0.127. The molecular weight excluding hydrogens is 188 g/mol. The molecule has 0 unspecified atom stereocenters. The smallest absolute Gasteiger partial charge is 0.305 e. The van der Waals surface area contributed by atoms with Crippen LogP contribution in [0.4, 0.5) is 0 Å². The van der Waals surface area contributed by atoms with Gasteiger partial charge in [0.1, 0.15) is 6.61 Å². The molecule has 0 aliphatic heterocycles. The number of hydrogen-bond donors (Lipinski definition) is 0. The molecule has 0 aromatic rings. The summed E-state index contributed by atoms with van der Waals surface area (Å²) >= 11 is 0. The first kappa shape index (κ1) is 14.5. The van der Waals surface area contributed by atoms with Crippen molar-refractivity contribution < 1.29 is 9.53 Å². The number of carbonyl (C=O) groups excluding carboxylic acids is 1. The van der Waals surface area contributed by atoms with Crippen LogP contribution in [0, 0.1) is 6.61 Å². The molecule has 0 saturated carbocycles. The van der Waals surface area contributed by atoms with Crippen LogP contribution < -0.4 is 0 Å². The summed E-state index contributed by atoms with van der Waals surface area (Å²) in [4.78, 5) is 10.8. The third-order valence-electron chi connectivity index (χ3n) is 2.43. The van der Waals surface area contributed by atoms with Gasteiger partial charge in [0.25, 0.3) is 0 Å². The summed E-state index contributed by atoms with van der Waals surface area (Å²) in [5.41, 5.74) is 0. The second-order valence-electron chi connectivity index (χ2n) is 3.92. The molecule has 2 heteroatoms. The molecule has 15 heavy (non-hydrogen) atoms. The topological polar surface area (TPSA) is 26.3 Å². The molecule has 0 fully saturated rings. The fraction of sp³-hybridized carbons (Fsp3) is 0.846. The van der Waals surface area contributed by atoms with Crippen LogP contribution in [-0.2, 0) is 9.53 Å². The fourth-order valence-electron chi connectivity index (χ4n) is 1.42. The first-order chi connectivity index (χ1) is 7.31. The van der Waals surface area contributed by atoms with Crippen molar-refractivity contribution in [2.75, 3.05) is 0 Å². The van der Waals surface area contributed by atoms with Gasteiger partial charge in [-0.25, -0.2) is 0 Å².